The molecule has 2 N–H and O–H groups in total. The number of nitriles is 2. The van der Waals surface area contributed by atoms with E-state index in [1.807, 2.05) is 0 Å². The van der Waals surface area contributed by atoms with Crippen LogP contribution in [0.5, 0.6) is 0 Å². The van der Waals surface area contributed by atoms with Crippen LogP contribution in [-0.4, -0.2) is 24.5 Å². The van der Waals surface area contributed by atoms with Gasteiger partial charge in [-0.05, 0) is 19.1 Å². The fraction of sp³-hybridized carbons (Fsp3) is 0.438. The van der Waals surface area contributed by atoms with Gasteiger partial charge >= 0.3 is 0 Å². The molecule has 1 aromatic rings. The molecule has 0 radical (unpaired) electrons. The Hall–Kier alpha value is -2.19. The Kier molecular flexibility index (Phi) is 2.85. The van der Waals surface area contributed by atoms with Gasteiger partial charge in [-0.2, -0.15) is 10.5 Å². The number of fused-ring (bicyclic) bond motifs is 2. The number of nitrogens with two attached hydrogens (primary N) is 1. The third-order valence-corrected chi connectivity index (χ3v) is 5.42. The molecule has 2 heterocycles. The molecular formula is C16H12ClFN4O2. The average Bonchev–Trinajstić information content (AvgIpc) is 2.89. The number of hydrogen-bond acceptors (Lipinski definition) is 6. The van der Waals surface area contributed by atoms with E-state index >= 15 is 0 Å². The highest BCUT2D eigenvalue weighted by Gasteiger charge is 2.95. The first kappa shape index (κ1) is 15.3. The van der Waals surface area contributed by atoms with Crippen molar-refractivity contribution in [2.45, 2.75) is 24.9 Å². The molecule has 3 aliphatic rings. The molecule has 24 heavy (non-hydrogen) atoms. The molecular weight excluding hydrogens is 335 g/mol. The van der Waals surface area contributed by atoms with Crippen molar-refractivity contribution in [1.29, 1.82) is 10.5 Å². The first-order valence-corrected chi connectivity index (χ1v) is 7.72. The van der Waals surface area contributed by atoms with Crippen molar-refractivity contribution in [2.24, 2.45) is 21.6 Å². The number of rotatable bonds is 1. The fourth-order valence-corrected chi connectivity index (χ4v) is 4.35. The van der Waals surface area contributed by atoms with Crippen LogP contribution in [0.15, 0.2) is 23.2 Å². The average molecular weight is 347 g/mol. The van der Waals surface area contributed by atoms with Gasteiger partial charge in [0.05, 0.1) is 24.8 Å². The highest BCUT2D eigenvalue weighted by Crippen LogP contribution is 2.83. The van der Waals surface area contributed by atoms with Crippen LogP contribution < -0.4 is 5.73 Å². The topological polar surface area (TPSA) is 104 Å². The highest BCUT2D eigenvalue weighted by atomic mass is 35.5. The van der Waals surface area contributed by atoms with Crippen molar-refractivity contribution < 1.29 is 13.9 Å². The number of hydrogen-bond donors (Lipinski definition) is 1. The Bertz CT molecular complexity index is 858. The molecule has 8 heteroatoms. The summed E-state index contributed by atoms with van der Waals surface area (Å²) in [5.41, 5.74) is 2.96. The van der Waals surface area contributed by atoms with Gasteiger partial charge < -0.3 is 15.2 Å². The van der Waals surface area contributed by atoms with E-state index < -0.39 is 28.5 Å². The third-order valence-electron chi connectivity index (χ3n) is 5.09. The first-order chi connectivity index (χ1) is 11.4. The summed E-state index contributed by atoms with van der Waals surface area (Å²) < 4.78 is 25.9. The lowest BCUT2D eigenvalue weighted by Gasteiger charge is -2.26. The van der Waals surface area contributed by atoms with Gasteiger partial charge in [0.1, 0.15) is 17.1 Å². The Morgan fingerprint density at radius 3 is 2.71 bits per heavy atom. The molecule has 1 aromatic carbocycles. The second-order valence-corrected chi connectivity index (χ2v) is 6.63. The lowest BCUT2D eigenvalue weighted by atomic mass is 9.93. The van der Waals surface area contributed by atoms with Crippen LogP contribution in [0.1, 0.15) is 18.4 Å². The highest BCUT2D eigenvalue weighted by molar-refractivity contribution is 6.31. The van der Waals surface area contributed by atoms with Crippen LogP contribution in [0.4, 0.5) is 4.39 Å². The van der Waals surface area contributed by atoms with E-state index in [2.05, 4.69) is 17.1 Å². The Morgan fingerprint density at radius 2 is 2.17 bits per heavy atom. The SMILES string of the molecule is C[C@H]1CO[C@]2(N=C(N)[C@@]3(C#N)[C@@H](c4c(F)cccc4Cl)[C@@]23C#N)O1. The van der Waals surface area contributed by atoms with Crippen LogP contribution >= 0.6 is 11.6 Å². The number of halogens is 2. The number of aliphatic imine (C=N–C) groups is 1. The van der Waals surface area contributed by atoms with Crippen molar-refractivity contribution >= 4 is 17.4 Å². The summed E-state index contributed by atoms with van der Waals surface area (Å²) in [4.78, 5) is 4.16. The van der Waals surface area contributed by atoms with Gasteiger partial charge in [-0.15, -0.1) is 0 Å². The zero-order chi connectivity index (χ0) is 17.3. The maximum atomic E-state index is 14.5. The Morgan fingerprint density at radius 1 is 1.42 bits per heavy atom. The van der Waals surface area contributed by atoms with Crippen molar-refractivity contribution in [2.75, 3.05) is 6.61 Å². The van der Waals surface area contributed by atoms with Crippen LogP contribution in [0.25, 0.3) is 0 Å². The Labute approximate surface area is 142 Å². The molecule has 0 bridgehead atoms. The van der Waals surface area contributed by atoms with E-state index in [0.29, 0.717) is 0 Å². The molecule has 1 spiro atoms. The van der Waals surface area contributed by atoms with Crippen LogP contribution in [0.3, 0.4) is 0 Å². The number of benzene rings is 1. The molecule has 2 aliphatic heterocycles. The molecule has 2 fully saturated rings. The maximum absolute atomic E-state index is 14.5. The Balaban J connectivity index is 1.98. The summed E-state index contributed by atoms with van der Waals surface area (Å²) in [7, 11) is 0. The third kappa shape index (κ3) is 1.36. The minimum absolute atomic E-state index is 0.0613. The lowest BCUT2D eigenvalue weighted by molar-refractivity contribution is -0.193. The molecule has 4 rings (SSSR count). The van der Waals surface area contributed by atoms with Gasteiger partial charge in [-0.25, -0.2) is 9.38 Å². The molecule has 5 atom stereocenters. The predicted molar refractivity (Wildman–Crippen MR) is 81.1 cm³/mol. The molecule has 6 nitrogen and oxygen atoms in total. The van der Waals surface area contributed by atoms with Crippen LogP contribution in [0, 0.1) is 39.3 Å². The van der Waals surface area contributed by atoms with Gasteiger partial charge in [0, 0.05) is 16.5 Å². The van der Waals surface area contributed by atoms with Gasteiger partial charge in [0.2, 0.25) is 0 Å². The summed E-state index contributed by atoms with van der Waals surface area (Å²) in [5.74, 6) is -3.33. The summed E-state index contributed by atoms with van der Waals surface area (Å²) in [6, 6.07) is 8.35. The van der Waals surface area contributed by atoms with Crippen molar-refractivity contribution in [3.05, 3.63) is 34.6 Å². The zero-order valence-electron chi connectivity index (χ0n) is 12.6. The van der Waals surface area contributed by atoms with E-state index in [-0.39, 0.29) is 29.1 Å². The lowest BCUT2D eigenvalue weighted by Crippen LogP contribution is -2.39. The van der Waals surface area contributed by atoms with Crippen molar-refractivity contribution in [3.63, 3.8) is 0 Å². The summed E-state index contributed by atoms with van der Waals surface area (Å²) in [6.45, 7) is 1.95. The van der Waals surface area contributed by atoms with E-state index in [9.17, 15) is 14.9 Å². The van der Waals surface area contributed by atoms with Crippen LogP contribution in [-0.2, 0) is 9.47 Å². The molecule has 1 saturated carbocycles. The molecule has 0 unspecified atom stereocenters. The number of ether oxygens (including phenoxy) is 2. The molecule has 0 aromatic heterocycles. The van der Waals surface area contributed by atoms with Crippen molar-refractivity contribution in [1.82, 2.24) is 0 Å². The fourth-order valence-electron chi connectivity index (χ4n) is 4.08. The summed E-state index contributed by atoms with van der Waals surface area (Å²) >= 11 is 6.16. The molecule has 1 saturated heterocycles. The van der Waals surface area contributed by atoms with Gasteiger partial charge in [0.25, 0.3) is 5.91 Å². The van der Waals surface area contributed by atoms with Crippen LogP contribution in [0.2, 0.25) is 5.02 Å². The summed E-state index contributed by atoms with van der Waals surface area (Å²) in [5, 5.41) is 19.9. The number of nitrogens with zero attached hydrogens (tertiary/aromatic N) is 3. The molecule has 1 aliphatic carbocycles. The monoisotopic (exact) mass is 346 g/mol. The van der Waals surface area contributed by atoms with E-state index in [1.165, 1.54) is 18.2 Å². The normalized spacial score (nSPS) is 42.3. The summed E-state index contributed by atoms with van der Waals surface area (Å²) in [6.07, 6.45) is -0.335. The van der Waals surface area contributed by atoms with E-state index in [1.54, 1.807) is 6.92 Å². The van der Waals surface area contributed by atoms with Gasteiger partial charge in [-0.3, -0.25) is 0 Å². The molecule has 0 amide bonds. The van der Waals surface area contributed by atoms with Gasteiger partial charge in [-0.1, -0.05) is 17.7 Å². The maximum Gasteiger partial charge on any atom is 0.293 e. The number of amidine groups is 1. The first-order valence-electron chi connectivity index (χ1n) is 7.34. The van der Waals surface area contributed by atoms with Gasteiger partial charge in [0.15, 0.2) is 5.41 Å². The van der Waals surface area contributed by atoms with E-state index in [4.69, 9.17) is 26.8 Å². The van der Waals surface area contributed by atoms with E-state index in [0.717, 1.165) is 0 Å². The predicted octanol–water partition coefficient (Wildman–Crippen LogP) is 2.06. The quantitative estimate of drug-likeness (QED) is 0.838. The largest absolute Gasteiger partial charge is 0.386 e. The minimum Gasteiger partial charge on any atom is -0.386 e. The standard InChI is InChI=1S/C16H12ClFN4O2/c1-8-5-23-16(24-8)15(7-20)12(14(15,6-19)13(21)22-16)11-9(17)3-2-4-10(11)18/h2-4,8,12H,5H2,1H3,(H2,21,22)/t8-,12+,14+,15+,16-/m0/s1. The van der Waals surface area contributed by atoms with Crippen molar-refractivity contribution in [3.8, 4) is 12.1 Å². The molecule has 122 valence electrons. The second-order valence-electron chi connectivity index (χ2n) is 6.23. The smallest absolute Gasteiger partial charge is 0.293 e. The minimum atomic E-state index is -1.71. The zero-order valence-corrected chi connectivity index (χ0v) is 13.3. The second kappa shape index (κ2) is 4.46.